The SMILES string of the molecule is COc1ccccc1N(C(C)=O)c1nc(CN[C@@H](C)c2ccc(Cl)cc2)cs1. The van der Waals surface area contributed by atoms with Crippen LogP contribution in [0.25, 0.3) is 0 Å². The Morgan fingerprint density at radius 2 is 1.96 bits per heavy atom. The molecule has 1 heterocycles. The molecule has 146 valence electrons. The van der Waals surface area contributed by atoms with Gasteiger partial charge in [0.25, 0.3) is 0 Å². The Labute approximate surface area is 173 Å². The maximum atomic E-state index is 12.3. The van der Waals surface area contributed by atoms with E-state index in [0.29, 0.717) is 23.1 Å². The van der Waals surface area contributed by atoms with Gasteiger partial charge in [0.15, 0.2) is 5.13 Å². The number of carbonyl (C=O) groups is 1. The average molecular weight is 416 g/mol. The van der Waals surface area contributed by atoms with Crippen LogP contribution in [-0.4, -0.2) is 18.0 Å². The fourth-order valence-corrected chi connectivity index (χ4v) is 3.83. The third-order valence-electron chi connectivity index (χ3n) is 4.33. The number of methoxy groups -OCH3 is 1. The van der Waals surface area contributed by atoms with Crippen LogP contribution in [0, 0.1) is 0 Å². The molecule has 28 heavy (non-hydrogen) atoms. The summed E-state index contributed by atoms with van der Waals surface area (Å²) in [6, 6.07) is 15.4. The molecule has 0 saturated heterocycles. The van der Waals surface area contributed by atoms with Gasteiger partial charge in [-0.25, -0.2) is 4.98 Å². The highest BCUT2D eigenvalue weighted by Gasteiger charge is 2.21. The van der Waals surface area contributed by atoms with Gasteiger partial charge >= 0.3 is 0 Å². The molecule has 1 amide bonds. The number of hydrogen-bond acceptors (Lipinski definition) is 5. The first kappa shape index (κ1) is 20.3. The zero-order chi connectivity index (χ0) is 20.1. The number of amides is 1. The summed E-state index contributed by atoms with van der Waals surface area (Å²) in [5.74, 6) is 0.511. The number of ether oxygens (including phenoxy) is 1. The minimum atomic E-state index is -0.118. The van der Waals surface area contributed by atoms with Gasteiger partial charge in [-0.2, -0.15) is 0 Å². The van der Waals surface area contributed by atoms with Gasteiger partial charge in [0.1, 0.15) is 5.75 Å². The van der Waals surface area contributed by atoms with E-state index in [9.17, 15) is 4.79 Å². The van der Waals surface area contributed by atoms with Crippen LogP contribution in [0.1, 0.15) is 31.1 Å². The molecule has 0 aliphatic rings. The Morgan fingerprint density at radius 3 is 2.64 bits per heavy atom. The van der Waals surface area contributed by atoms with Crippen LogP contribution in [0.2, 0.25) is 5.02 Å². The minimum absolute atomic E-state index is 0.118. The largest absolute Gasteiger partial charge is 0.495 e. The van der Waals surface area contributed by atoms with Crippen LogP contribution < -0.4 is 15.0 Å². The van der Waals surface area contributed by atoms with Crippen LogP contribution >= 0.6 is 22.9 Å². The second kappa shape index (κ2) is 9.19. The van der Waals surface area contributed by atoms with E-state index in [1.165, 1.54) is 18.3 Å². The normalized spacial score (nSPS) is 11.9. The van der Waals surface area contributed by atoms with E-state index in [2.05, 4.69) is 17.2 Å². The van der Waals surface area contributed by atoms with Gasteiger partial charge in [0.2, 0.25) is 5.91 Å². The number of anilines is 2. The number of nitrogens with zero attached hydrogens (tertiary/aromatic N) is 2. The fourth-order valence-electron chi connectivity index (χ4n) is 2.83. The van der Waals surface area contributed by atoms with E-state index in [0.717, 1.165) is 16.3 Å². The van der Waals surface area contributed by atoms with Crippen molar-refractivity contribution in [1.29, 1.82) is 0 Å². The van der Waals surface area contributed by atoms with Gasteiger partial charge in [0, 0.05) is 29.9 Å². The summed E-state index contributed by atoms with van der Waals surface area (Å²) in [6.07, 6.45) is 0. The third-order valence-corrected chi connectivity index (χ3v) is 5.46. The van der Waals surface area contributed by atoms with Crippen LogP contribution in [-0.2, 0) is 11.3 Å². The molecule has 3 aromatic rings. The highest BCUT2D eigenvalue weighted by Crippen LogP contribution is 2.35. The van der Waals surface area contributed by atoms with E-state index in [-0.39, 0.29) is 11.9 Å². The molecule has 0 radical (unpaired) electrons. The number of aromatic nitrogens is 1. The Bertz CT molecular complexity index is 943. The first-order valence-corrected chi connectivity index (χ1v) is 10.1. The quantitative estimate of drug-likeness (QED) is 0.565. The molecular formula is C21H22ClN3O2S. The van der Waals surface area contributed by atoms with Crippen molar-refractivity contribution in [3.63, 3.8) is 0 Å². The van der Waals surface area contributed by atoms with E-state index in [1.54, 1.807) is 12.0 Å². The maximum Gasteiger partial charge on any atom is 0.230 e. The van der Waals surface area contributed by atoms with Gasteiger partial charge < -0.3 is 10.1 Å². The van der Waals surface area contributed by atoms with Gasteiger partial charge in [-0.1, -0.05) is 35.9 Å². The molecule has 0 spiro atoms. The highest BCUT2D eigenvalue weighted by molar-refractivity contribution is 7.14. The van der Waals surface area contributed by atoms with E-state index in [4.69, 9.17) is 16.3 Å². The molecule has 0 aliphatic heterocycles. The van der Waals surface area contributed by atoms with Gasteiger partial charge in [0.05, 0.1) is 18.5 Å². The molecule has 0 bridgehead atoms. The molecule has 1 N–H and O–H groups in total. The first-order chi connectivity index (χ1) is 13.5. The smallest absolute Gasteiger partial charge is 0.230 e. The van der Waals surface area contributed by atoms with Crippen LogP contribution in [0.4, 0.5) is 10.8 Å². The number of nitrogens with one attached hydrogen (secondary N) is 1. The summed E-state index contributed by atoms with van der Waals surface area (Å²) in [5, 5.41) is 6.75. The predicted molar refractivity (Wildman–Crippen MR) is 115 cm³/mol. The van der Waals surface area contributed by atoms with Crippen molar-refractivity contribution in [2.75, 3.05) is 12.0 Å². The first-order valence-electron chi connectivity index (χ1n) is 8.86. The van der Waals surface area contributed by atoms with Crippen molar-refractivity contribution in [1.82, 2.24) is 10.3 Å². The molecule has 1 atom stereocenters. The fraction of sp³-hybridized carbons (Fsp3) is 0.238. The molecule has 0 unspecified atom stereocenters. The standard InChI is InChI=1S/C21H22ClN3O2S/c1-14(16-8-10-17(22)11-9-16)23-12-18-13-28-21(24-18)25(15(2)26)19-6-4-5-7-20(19)27-3/h4-11,13-14,23H,12H2,1-3H3/t14-/m0/s1. The van der Waals surface area contributed by atoms with Crippen molar-refractivity contribution in [3.8, 4) is 5.75 Å². The third kappa shape index (κ3) is 4.70. The molecule has 7 heteroatoms. The zero-order valence-electron chi connectivity index (χ0n) is 16.0. The predicted octanol–water partition coefficient (Wildman–Crippen LogP) is 5.34. The number of para-hydroxylation sites is 2. The lowest BCUT2D eigenvalue weighted by Crippen LogP contribution is -2.23. The number of benzene rings is 2. The second-order valence-electron chi connectivity index (χ2n) is 6.30. The van der Waals surface area contributed by atoms with E-state index in [1.807, 2.05) is 53.9 Å². The molecule has 5 nitrogen and oxygen atoms in total. The highest BCUT2D eigenvalue weighted by atomic mass is 35.5. The lowest BCUT2D eigenvalue weighted by molar-refractivity contribution is -0.115. The second-order valence-corrected chi connectivity index (χ2v) is 7.57. The van der Waals surface area contributed by atoms with Crippen molar-refractivity contribution in [3.05, 3.63) is 70.2 Å². The van der Waals surface area contributed by atoms with Crippen molar-refractivity contribution in [2.45, 2.75) is 26.4 Å². The minimum Gasteiger partial charge on any atom is -0.495 e. The molecule has 2 aromatic carbocycles. The maximum absolute atomic E-state index is 12.3. The van der Waals surface area contributed by atoms with E-state index < -0.39 is 0 Å². The van der Waals surface area contributed by atoms with Crippen LogP contribution in [0.15, 0.2) is 53.9 Å². The summed E-state index contributed by atoms with van der Waals surface area (Å²) in [5.41, 5.74) is 2.71. The summed E-state index contributed by atoms with van der Waals surface area (Å²) in [6.45, 7) is 4.21. The Balaban J connectivity index is 1.74. The van der Waals surface area contributed by atoms with Gasteiger partial charge in [-0.3, -0.25) is 9.69 Å². The Morgan fingerprint density at radius 1 is 1.25 bits per heavy atom. The number of carbonyl (C=O) groups excluding carboxylic acids is 1. The number of thiazole rings is 1. The van der Waals surface area contributed by atoms with Crippen molar-refractivity contribution < 1.29 is 9.53 Å². The molecule has 3 rings (SSSR count). The topological polar surface area (TPSA) is 54.5 Å². The summed E-state index contributed by atoms with van der Waals surface area (Å²) in [4.78, 5) is 18.5. The molecule has 0 fully saturated rings. The molecule has 1 aromatic heterocycles. The van der Waals surface area contributed by atoms with Gasteiger partial charge in [-0.15, -0.1) is 11.3 Å². The summed E-state index contributed by atoms with van der Waals surface area (Å²) < 4.78 is 5.40. The Kier molecular flexibility index (Phi) is 6.67. The van der Waals surface area contributed by atoms with Crippen LogP contribution in [0.5, 0.6) is 5.75 Å². The number of halogens is 1. The number of rotatable bonds is 7. The average Bonchev–Trinajstić information content (AvgIpc) is 3.15. The zero-order valence-corrected chi connectivity index (χ0v) is 17.6. The van der Waals surface area contributed by atoms with Gasteiger partial charge in [-0.05, 0) is 36.8 Å². The molecular weight excluding hydrogens is 394 g/mol. The van der Waals surface area contributed by atoms with Crippen molar-refractivity contribution >= 4 is 39.7 Å². The van der Waals surface area contributed by atoms with E-state index >= 15 is 0 Å². The summed E-state index contributed by atoms with van der Waals surface area (Å²) >= 11 is 7.38. The molecule has 0 saturated carbocycles. The monoisotopic (exact) mass is 415 g/mol. The summed E-state index contributed by atoms with van der Waals surface area (Å²) in [7, 11) is 1.59. The van der Waals surface area contributed by atoms with Crippen molar-refractivity contribution in [2.24, 2.45) is 0 Å². The lowest BCUT2D eigenvalue weighted by atomic mass is 10.1. The molecule has 0 aliphatic carbocycles. The lowest BCUT2D eigenvalue weighted by Gasteiger charge is -2.20. The number of hydrogen-bond donors (Lipinski definition) is 1. The van der Waals surface area contributed by atoms with Crippen LogP contribution in [0.3, 0.4) is 0 Å². The Hall–Kier alpha value is -2.41.